The smallest absolute Gasteiger partial charge is 0.318 e. The molecule has 1 aromatic rings. The maximum Gasteiger partial charge on any atom is 0.318 e. The van der Waals surface area contributed by atoms with E-state index in [4.69, 9.17) is 5.73 Å². The van der Waals surface area contributed by atoms with Crippen LogP contribution in [0.15, 0.2) is 24.3 Å². The Morgan fingerprint density at radius 3 is 2.68 bits per heavy atom. The first-order chi connectivity index (χ1) is 10.4. The Kier molecular flexibility index (Phi) is 5.40. The minimum absolute atomic E-state index is 0.0535. The van der Waals surface area contributed by atoms with E-state index in [1.165, 1.54) is 12.1 Å². The van der Waals surface area contributed by atoms with Gasteiger partial charge in [-0.25, -0.2) is 9.18 Å². The van der Waals surface area contributed by atoms with Crippen molar-refractivity contribution >= 4 is 6.03 Å². The molecule has 1 fully saturated rings. The second-order valence-corrected chi connectivity index (χ2v) is 6.70. The number of hydrogen-bond acceptors (Lipinski definition) is 2. The number of nitrogens with two attached hydrogens (primary N) is 1. The third kappa shape index (κ3) is 4.44. The van der Waals surface area contributed by atoms with E-state index in [1.54, 1.807) is 12.1 Å². The van der Waals surface area contributed by atoms with Crippen molar-refractivity contribution in [1.29, 1.82) is 0 Å². The molecule has 1 aliphatic heterocycles. The van der Waals surface area contributed by atoms with Crippen LogP contribution in [0.25, 0.3) is 0 Å². The number of likely N-dealkylation sites (tertiary alicyclic amines) is 1. The number of nitrogens with one attached hydrogen (secondary N) is 1. The average molecular weight is 307 g/mol. The summed E-state index contributed by atoms with van der Waals surface area (Å²) >= 11 is 0. The van der Waals surface area contributed by atoms with E-state index in [9.17, 15) is 9.18 Å². The number of piperidine rings is 1. The molecule has 0 aromatic heterocycles. The summed E-state index contributed by atoms with van der Waals surface area (Å²) in [5, 5.41) is 3.09. The van der Waals surface area contributed by atoms with Crippen molar-refractivity contribution in [2.45, 2.75) is 51.1 Å². The molecule has 1 heterocycles. The topological polar surface area (TPSA) is 58.4 Å². The summed E-state index contributed by atoms with van der Waals surface area (Å²) in [5.74, 6) is -0.246. The number of hydrogen-bond donors (Lipinski definition) is 2. The predicted molar refractivity (Wildman–Crippen MR) is 86.1 cm³/mol. The molecule has 1 aromatic carbocycles. The molecule has 0 aliphatic carbocycles. The van der Waals surface area contributed by atoms with Gasteiger partial charge in [-0.2, -0.15) is 0 Å². The van der Waals surface area contributed by atoms with Crippen LogP contribution in [0.5, 0.6) is 0 Å². The zero-order valence-corrected chi connectivity index (χ0v) is 13.4. The molecule has 3 N–H and O–H groups in total. The highest BCUT2D eigenvalue weighted by atomic mass is 19.1. The van der Waals surface area contributed by atoms with Gasteiger partial charge in [0, 0.05) is 24.7 Å². The Balaban J connectivity index is 1.97. The van der Waals surface area contributed by atoms with Gasteiger partial charge in [0.05, 0.1) is 0 Å². The van der Waals surface area contributed by atoms with E-state index < -0.39 is 5.54 Å². The van der Waals surface area contributed by atoms with E-state index in [-0.39, 0.29) is 17.9 Å². The fourth-order valence-corrected chi connectivity index (χ4v) is 3.03. The van der Waals surface area contributed by atoms with Crippen molar-refractivity contribution in [2.24, 2.45) is 5.73 Å². The third-order valence-electron chi connectivity index (χ3n) is 4.16. The largest absolute Gasteiger partial charge is 0.333 e. The summed E-state index contributed by atoms with van der Waals surface area (Å²) in [7, 11) is 0. The van der Waals surface area contributed by atoms with Gasteiger partial charge in [-0.1, -0.05) is 12.1 Å². The van der Waals surface area contributed by atoms with Crippen molar-refractivity contribution < 1.29 is 9.18 Å². The lowest BCUT2D eigenvalue weighted by Gasteiger charge is -2.38. The van der Waals surface area contributed by atoms with Crippen LogP contribution in [0, 0.1) is 5.82 Å². The molecule has 0 spiro atoms. The normalized spacial score (nSPS) is 19.1. The number of carbonyl (C=O) groups excluding carboxylic acids is 1. The van der Waals surface area contributed by atoms with E-state index in [2.05, 4.69) is 5.32 Å². The summed E-state index contributed by atoms with van der Waals surface area (Å²) in [6.45, 7) is 5.23. The van der Waals surface area contributed by atoms with Crippen molar-refractivity contribution in [3.8, 4) is 0 Å². The first kappa shape index (κ1) is 16.7. The number of halogens is 1. The highest BCUT2D eigenvalue weighted by molar-refractivity contribution is 5.75. The second kappa shape index (κ2) is 7.09. The van der Waals surface area contributed by atoms with Gasteiger partial charge >= 0.3 is 6.03 Å². The van der Waals surface area contributed by atoms with Crippen LogP contribution in [0.2, 0.25) is 0 Å². The SMILES string of the molecule is CC(C)(Cc1ccc(F)cc1)NC(=O)N1CCCCC1CN. The lowest BCUT2D eigenvalue weighted by atomic mass is 9.95. The predicted octanol–water partition coefficient (Wildman–Crippen LogP) is 2.67. The van der Waals surface area contributed by atoms with Gasteiger partial charge in [-0.15, -0.1) is 0 Å². The van der Waals surface area contributed by atoms with Crippen LogP contribution in [0.1, 0.15) is 38.7 Å². The number of carbonyl (C=O) groups is 1. The molecule has 1 saturated heterocycles. The Morgan fingerprint density at radius 2 is 2.05 bits per heavy atom. The minimum atomic E-state index is -0.397. The molecule has 122 valence electrons. The molecule has 0 bridgehead atoms. The molecule has 2 rings (SSSR count). The summed E-state index contributed by atoms with van der Waals surface area (Å²) in [4.78, 5) is 14.4. The van der Waals surface area contributed by atoms with Gasteiger partial charge in [-0.3, -0.25) is 0 Å². The fourth-order valence-electron chi connectivity index (χ4n) is 3.03. The molecule has 4 nitrogen and oxygen atoms in total. The van der Waals surface area contributed by atoms with Gasteiger partial charge < -0.3 is 16.0 Å². The van der Waals surface area contributed by atoms with Crippen LogP contribution in [0.4, 0.5) is 9.18 Å². The summed E-state index contributed by atoms with van der Waals surface area (Å²) in [6.07, 6.45) is 3.79. The maximum atomic E-state index is 13.0. The lowest BCUT2D eigenvalue weighted by Crippen LogP contribution is -2.56. The number of urea groups is 1. The Bertz CT molecular complexity index is 501. The Labute approximate surface area is 131 Å². The molecule has 0 radical (unpaired) electrons. The minimum Gasteiger partial charge on any atom is -0.333 e. The van der Waals surface area contributed by atoms with Gasteiger partial charge in [0.1, 0.15) is 5.82 Å². The fraction of sp³-hybridized carbons (Fsp3) is 0.588. The molecule has 1 unspecified atom stereocenters. The number of amides is 2. The van der Waals surface area contributed by atoms with Crippen LogP contribution >= 0.6 is 0 Å². The van der Waals surface area contributed by atoms with Crippen LogP contribution < -0.4 is 11.1 Å². The van der Waals surface area contributed by atoms with Gasteiger partial charge in [0.25, 0.3) is 0 Å². The number of benzene rings is 1. The number of nitrogens with zero attached hydrogens (tertiary/aromatic N) is 1. The highest BCUT2D eigenvalue weighted by Gasteiger charge is 2.29. The molecule has 22 heavy (non-hydrogen) atoms. The van der Waals surface area contributed by atoms with Crippen LogP contribution in [-0.2, 0) is 6.42 Å². The molecular formula is C17H26FN3O. The molecule has 1 atom stereocenters. The third-order valence-corrected chi connectivity index (χ3v) is 4.16. The van der Waals surface area contributed by atoms with E-state index in [0.717, 1.165) is 31.4 Å². The molecule has 0 saturated carbocycles. The standard InChI is InChI=1S/C17H26FN3O/c1-17(2,11-13-6-8-14(18)9-7-13)20-16(22)21-10-4-3-5-15(21)12-19/h6-9,15H,3-5,10-12,19H2,1-2H3,(H,20,22). The second-order valence-electron chi connectivity index (χ2n) is 6.70. The van der Waals surface area contributed by atoms with E-state index in [1.807, 2.05) is 18.7 Å². The van der Waals surface area contributed by atoms with Crippen molar-refractivity contribution in [2.75, 3.05) is 13.1 Å². The Hall–Kier alpha value is -1.62. The first-order valence-electron chi connectivity index (χ1n) is 7.94. The van der Waals surface area contributed by atoms with E-state index >= 15 is 0 Å². The highest BCUT2D eigenvalue weighted by Crippen LogP contribution is 2.18. The van der Waals surface area contributed by atoms with E-state index in [0.29, 0.717) is 13.0 Å². The lowest BCUT2D eigenvalue weighted by molar-refractivity contribution is 0.145. The maximum absolute atomic E-state index is 13.0. The summed E-state index contributed by atoms with van der Waals surface area (Å²) in [6, 6.07) is 6.49. The monoisotopic (exact) mass is 307 g/mol. The molecule has 2 amide bonds. The number of rotatable bonds is 4. The van der Waals surface area contributed by atoms with Gasteiger partial charge in [0.2, 0.25) is 0 Å². The van der Waals surface area contributed by atoms with Crippen molar-refractivity contribution in [3.63, 3.8) is 0 Å². The van der Waals surface area contributed by atoms with Crippen LogP contribution in [-0.4, -0.2) is 35.6 Å². The van der Waals surface area contributed by atoms with Crippen molar-refractivity contribution in [3.05, 3.63) is 35.6 Å². The first-order valence-corrected chi connectivity index (χ1v) is 7.94. The van der Waals surface area contributed by atoms with Gasteiger partial charge in [-0.05, 0) is 57.2 Å². The van der Waals surface area contributed by atoms with Gasteiger partial charge in [0.15, 0.2) is 0 Å². The van der Waals surface area contributed by atoms with Crippen LogP contribution in [0.3, 0.4) is 0 Å². The molecular weight excluding hydrogens is 281 g/mol. The summed E-state index contributed by atoms with van der Waals surface area (Å²) in [5.41, 5.74) is 6.38. The van der Waals surface area contributed by atoms with Crippen molar-refractivity contribution in [1.82, 2.24) is 10.2 Å². The molecule has 1 aliphatic rings. The zero-order chi connectivity index (χ0) is 16.2. The zero-order valence-electron chi connectivity index (χ0n) is 13.4. The quantitative estimate of drug-likeness (QED) is 0.898. The Morgan fingerprint density at radius 1 is 1.36 bits per heavy atom. The molecule has 5 heteroatoms. The summed E-state index contributed by atoms with van der Waals surface area (Å²) < 4.78 is 13.0. The average Bonchev–Trinajstić information content (AvgIpc) is 2.48.